The molecule has 0 aliphatic heterocycles. The van der Waals surface area contributed by atoms with Crippen LogP contribution in [0.3, 0.4) is 0 Å². The van der Waals surface area contributed by atoms with Crippen molar-refractivity contribution < 1.29 is 19.7 Å². The van der Waals surface area contributed by atoms with Crippen LogP contribution in [0.25, 0.3) is 5.69 Å². The lowest BCUT2D eigenvalue weighted by atomic mass is 10.0. The normalized spacial score (nSPS) is 13.0. The molecule has 2 unspecified atom stereocenters. The van der Waals surface area contributed by atoms with E-state index in [9.17, 15) is 15.0 Å². The number of imidazole rings is 1. The van der Waals surface area contributed by atoms with Crippen LogP contribution in [-0.2, 0) is 11.3 Å². The van der Waals surface area contributed by atoms with Crippen molar-refractivity contribution in [2.24, 2.45) is 0 Å². The van der Waals surface area contributed by atoms with Crippen LogP contribution in [0.1, 0.15) is 17.2 Å². The molecule has 0 saturated carbocycles. The summed E-state index contributed by atoms with van der Waals surface area (Å²) in [5, 5.41) is 22.8. The summed E-state index contributed by atoms with van der Waals surface area (Å²) < 4.78 is 6.90. The lowest BCUT2D eigenvalue weighted by Crippen LogP contribution is -2.35. The maximum Gasteiger partial charge on any atom is 0.407 e. The van der Waals surface area contributed by atoms with Crippen LogP contribution < -0.4 is 5.32 Å². The molecule has 7 nitrogen and oxygen atoms in total. The molecule has 0 bridgehead atoms. The van der Waals surface area contributed by atoms with Crippen molar-refractivity contribution in [2.75, 3.05) is 6.54 Å². The highest BCUT2D eigenvalue weighted by atomic mass is 16.5. The standard InChI is InChI=1S/C20H21N3O4/c24-18(12-22-20(26)27-13-15-4-2-1-3-5-15)19(25)16-6-8-17(9-7-16)23-11-10-21-14-23/h1-11,14,18-19,24-25H,12-13H2,(H,22,26). The minimum absolute atomic E-state index is 0.127. The van der Waals surface area contributed by atoms with Gasteiger partial charge in [-0.05, 0) is 23.3 Å². The van der Waals surface area contributed by atoms with Crippen LogP contribution >= 0.6 is 0 Å². The Bertz CT molecular complexity index is 835. The monoisotopic (exact) mass is 367 g/mol. The molecule has 140 valence electrons. The fourth-order valence-corrected chi connectivity index (χ4v) is 2.55. The maximum atomic E-state index is 11.7. The number of carbonyl (C=O) groups is 1. The van der Waals surface area contributed by atoms with Crippen LogP contribution in [0.15, 0.2) is 73.3 Å². The van der Waals surface area contributed by atoms with Gasteiger partial charge in [-0.1, -0.05) is 42.5 Å². The van der Waals surface area contributed by atoms with Crippen LogP contribution in [0.2, 0.25) is 0 Å². The van der Waals surface area contributed by atoms with Crippen LogP contribution in [-0.4, -0.2) is 38.5 Å². The van der Waals surface area contributed by atoms with Crippen LogP contribution in [0, 0.1) is 0 Å². The minimum Gasteiger partial charge on any atom is -0.445 e. The van der Waals surface area contributed by atoms with Crippen LogP contribution in [0.5, 0.6) is 0 Å². The third-order valence-electron chi connectivity index (χ3n) is 4.07. The van der Waals surface area contributed by atoms with E-state index < -0.39 is 18.3 Å². The molecule has 3 N–H and O–H groups in total. The Morgan fingerprint density at radius 3 is 2.52 bits per heavy atom. The molecule has 2 aromatic carbocycles. The second-order valence-electron chi connectivity index (χ2n) is 6.02. The first-order chi connectivity index (χ1) is 13.1. The predicted octanol–water partition coefficient (Wildman–Crippen LogP) is 2.19. The van der Waals surface area contributed by atoms with E-state index in [4.69, 9.17) is 4.74 Å². The lowest BCUT2D eigenvalue weighted by Gasteiger charge is -2.19. The molecule has 2 atom stereocenters. The summed E-state index contributed by atoms with van der Waals surface area (Å²) in [6.07, 6.45) is 2.22. The van der Waals surface area contributed by atoms with E-state index in [-0.39, 0.29) is 13.2 Å². The van der Waals surface area contributed by atoms with Gasteiger partial charge in [-0.3, -0.25) is 0 Å². The first-order valence-electron chi connectivity index (χ1n) is 8.52. The quantitative estimate of drug-likeness (QED) is 0.595. The zero-order valence-electron chi connectivity index (χ0n) is 14.6. The number of alkyl carbamates (subject to hydrolysis) is 1. The van der Waals surface area contributed by atoms with Crippen molar-refractivity contribution in [1.82, 2.24) is 14.9 Å². The van der Waals surface area contributed by atoms with Gasteiger partial charge in [0, 0.05) is 24.6 Å². The van der Waals surface area contributed by atoms with Crippen molar-refractivity contribution in [1.29, 1.82) is 0 Å². The minimum atomic E-state index is -1.16. The summed E-state index contributed by atoms with van der Waals surface area (Å²) in [6, 6.07) is 16.3. The summed E-state index contributed by atoms with van der Waals surface area (Å²) in [6.45, 7) is 0.0130. The number of rotatable bonds is 7. The Morgan fingerprint density at radius 1 is 1.11 bits per heavy atom. The zero-order chi connectivity index (χ0) is 19.1. The highest BCUT2D eigenvalue weighted by Gasteiger charge is 2.19. The van der Waals surface area contributed by atoms with E-state index in [0.717, 1.165) is 11.3 Å². The number of ether oxygens (including phenoxy) is 1. The molecule has 3 rings (SSSR count). The number of aliphatic hydroxyl groups is 2. The summed E-state index contributed by atoms with van der Waals surface area (Å²) in [5.74, 6) is 0. The molecule has 3 aromatic rings. The van der Waals surface area contributed by atoms with E-state index in [1.165, 1.54) is 0 Å². The fraction of sp³-hybridized carbons (Fsp3) is 0.200. The molecule has 0 aliphatic carbocycles. The number of hydrogen-bond donors (Lipinski definition) is 3. The molecule has 7 heteroatoms. The van der Waals surface area contributed by atoms with Gasteiger partial charge >= 0.3 is 6.09 Å². The predicted molar refractivity (Wildman–Crippen MR) is 99.2 cm³/mol. The second kappa shape index (κ2) is 8.98. The average molecular weight is 367 g/mol. The van der Waals surface area contributed by atoms with Crippen molar-refractivity contribution in [3.63, 3.8) is 0 Å². The van der Waals surface area contributed by atoms with Crippen molar-refractivity contribution in [2.45, 2.75) is 18.8 Å². The SMILES string of the molecule is O=C(NCC(O)C(O)c1ccc(-n2ccnc2)cc1)OCc1ccccc1. The smallest absolute Gasteiger partial charge is 0.407 e. The molecule has 0 saturated heterocycles. The zero-order valence-corrected chi connectivity index (χ0v) is 14.6. The number of aromatic nitrogens is 2. The Labute approximate surface area is 156 Å². The van der Waals surface area contributed by atoms with E-state index in [0.29, 0.717) is 5.56 Å². The van der Waals surface area contributed by atoms with Gasteiger partial charge in [-0.2, -0.15) is 0 Å². The molecule has 0 aliphatic rings. The number of carbonyl (C=O) groups excluding carboxylic acids is 1. The molecular formula is C20H21N3O4. The van der Waals surface area contributed by atoms with Crippen molar-refractivity contribution in [3.8, 4) is 5.69 Å². The van der Waals surface area contributed by atoms with Gasteiger partial charge in [-0.25, -0.2) is 9.78 Å². The molecular weight excluding hydrogens is 346 g/mol. The number of benzene rings is 2. The van der Waals surface area contributed by atoms with Crippen molar-refractivity contribution >= 4 is 6.09 Å². The Kier molecular flexibility index (Phi) is 6.19. The van der Waals surface area contributed by atoms with Crippen molar-refractivity contribution in [3.05, 3.63) is 84.4 Å². The Balaban J connectivity index is 1.47. The van der Waals surface area contributed by atoms with E-state index in [2.05, 4.69) is 10.3 Å². The van der Waals surface area contributed by atoms with Gasteiger partial charge in [0.25, 0.3) is 0 Å². The second-order valence-corrected chi connectivity index (χ2v) is 6.02. The third kappa shape index (κ3) is 5.16. The molecule has 1 heterocycles. The lowest BCUT2D eigenvalue weighted by molar-refractivity contribution is 0.0184. The number of aliphatic hydroxyl groups excluding tert-OH is 2. The van der Waals surface area contributed by atoms with Gasteiger partial charge in [0.05, 0.1) is 6.33 Å². The number of amides is 1. The maximum absolute atomic E-state index is 11.7. The average Bonchev–Trinajstić information content (AvgIpc) is 3.25. The fourth-order valence-electron chi connectivity index (χ4n) is 2.55. The molecule has 0 spiro atoms. The third-order valence-corrected chi connectivity index (χ3v) is 4.07. The van der Waals surface area contributed by atoms with E-state index in [1.807, 2.05) is 53.2 Å². The summed E-state index contributed by atoms with van der Waals surface area (Å²) in [4.78, 5) is 15.7. The first-order valence-corrected chi connectivity index (χ1v) is 8.52. The Morgan fingerprint density at radius 2 is 1.85 bits per heavy atom. The molecule has 1 aromatic heterocycles. The molecule has 0 radical (unpaired) electrons. The van der Waals surface area contributed by atoms with Crippen LogP contribution in [0.4, 0.5) is 4.79 Å². The molecule has 0 fully saturated rings. The highest BCUT2D eigenvalue weighted by Crippen LogP contribution is 2.19. The van der Waals surface area contributed by atoms with Gasteiger partial charge in [0.2, 0.25) is 0 Å². The number of hydrogen-bond acceptors (Lipinski definition) is 5. The Hall–Kier alpha value is -3.16. The van der Waals surface area contributed by atoms with Gasteiger partial charge in [0.1, 0.15) is 18.8 Å². The highest BCUT2D eigenvalue weighted by molar-refractivity contribution is 5.67. The number of nitrogens with zero attached hydrogens (tertiary/aromatic N) is 2. The van der Waals surface area contributed by atoms with Gasteiger partial charge < -0.3 is 24.8 Å². The van der Waals surface area contributed by atoms with Gasteiger partial charge in [0.15, 0.2) is 0 Å². The largest absolute Gasteiger partial charge is 0.445 e. The summed E-state index contributed by atoms with van der Waals surface area (Å²) in [7, 11) is 0. The molecule has 1 amide bonds. The molecule has 27 heavy (non-hydrogen) atoms. The number of nitrogens with one attached hydrogen (secondary N) is 1. The van der Waals surface area contributed by atoms with E-state index >= 15 is 0 Å². The summed E-state index contributed by atoms with van der Waals surface area (Å²) >= 11 is 0. The topological polar surface area (TPSA) is 96.6 Å². The van der Waals surface area contributed by atoms with Gasteiger partial charge in [-0.15, -0.1) is 0 Å². The summed E-state index contributed by atoms with van der Waals surface area (Å²) in [5.41, 5.74) is 2.30. The van der Waals surface area contributed by atoms with E-state index in [1.54, 1.807) is 24.7 Å². The first kappa shape index (κ1) is 18.6.